The number of hydrogen-bond donors (Lipinski definition) is 1. The average Bonchev–Trinajstić information content (AvgIpc) is 3.20. The number of rotatable bonds is 3. The Bertz CT molecular complexity index is 858. The molecule has 8 heteroatoms. The molecule has 1 atom stereocenters. The minimum Gasteiger partial charge on any atom is -0.350 e. The molecule has 1 aliphatic rings. The van der Waals surface area contributed by atoms with Gasteiger partial charge in [-0.25, -0.2) is 4.68 Å². The van der Waals surface area contributed by atoms with Gasteiger partial charge in [0.25, 0.3) is 5.91 Å². The number of nitrogens with zero attached hydrogens (tertiary/aromatic N) is 3. The lowest BCUT2D eigenvalue weighted by Gasteiger charge is -2.27. The number of carbonyl (C=O) groups excluding carboxylic acids is 2. The van der Waals surface area contributed by atoms with Crippen molar-refractivity contribution in [1.29, 1.82) is 0 Å². The molecule has 1 aromatic heterocycles. The number of benzene rings is 1. The Morgan fingerprint density at radius 1 is 1.26 bits per heavy atom. The van der Waals surface area contributed by atoms with Crippen LogP contribution in [0.4, 0.5) is 0 Å². The summed E-state index contributed by atoms with van der Waals surface area (Å²) >= 11 is 5.01. The second-order valence-electron chi connectivity index (χ2n) is 7.56. The van der Waals surface area contributed by atoms with Gasteiger partial charge in [0.05, 0.1) is 29.0 Å². The van der Waals surface area contributed by atoms with Gasteiger partial charge in [0, 0.05) is 15.8 Å². The molecule has 0 bridgehead atoms. The van der Waals surface area contributed by atoms with Gasteiger partial charge in [-0.2, -0.15) is 5.10 Å². The first-order valence-corrected chi connectivity index (χ1v) is 10.6. The van der Waals surface area contributed by atoms with Gasteiger partial charge in [0.2, 0.25) is 5.91 Å². The van der Waals surface area contributed by atoms with Gasteiger partial charge in [-0.15, -0.1) is 11.8 Å². The summed E-state index contributed by atoms with van der Waals surface area (Å²) in [4.78, 5) is 27.4. The topological polar surface area (TPSA) is 67.2 Å². The quantitative estimate of drug-likeness (QED) is 0.777. The van der Waals surface area contributed by atoms with E-state index in [1.165, 1.54) is 0 Å². The van der Waals surface area contributed by atoms with Crippen molar-refractivity contribution in [3.05, 3.63) is 46.2 Å². The summed E-state index contributed by atoms with van der Waals surface area (Å²) < 4.78 is 2.72. The SMILES string of the molecule is Cc1c(C(=O)N2CSCC2C(=O)NC(C)(C)C)cnn1-c1ccc(Br)cc1. The highest BCUT2D eigenvalue weighted by molar-refractivity contribution is 9.10. The van der Waals surface area contributed by atoms with Crippen LogP contribution in [-0.4, -0.2) is 49.7 Å². The summed E-state index contributed by atoms with van der Waals surface area (Å²) in [5, 5.41) is 7.36. The van der Waals surface area contributed by atoms with Crippen LogP contribution in [-0.2, 0) is 4.79 Å². The van der Waals surface area contributed by atoms with Crippen molar-refractivity contribution >= 4 is 39.5 Å². The molecule has 1 aliphatic heterocycles. The van der Waals surface area contributed by atoms with Crippen molar-refractivity contribution in [1.82, 2.24) is 20.0 Å². The molecule has 0 spiro atoms. The fraction of sp³-hybridized carbons (Fsp3) is 0.421. The van der Waals surface area contributed by atoms with E-state index >= 15 is 0 Å². The van der Waals surface area contributed by atoms with Crippen molar-refractivity contribution in [3.63, 3.8) is 0 Å². The van der Waals surface area contributed by atoms with Crippen molar-refractivity contribution in [2.24, 2.45) is 0 Å². The predicted octanol–water partition coefficient (Wildman–Crippen LogP) is 3.37. The molecule has 1 saturated heterocycles. The molecule has 1 fully saturated rings. The van der Waals surface area contributed by atoms with E-state index in [2.05, 4.69) is 26.3 Å². The number of amides is 2. The molecular weight excluding hydrogens is 428 g/mol. The van der Waals surface area contributed by atoms with E-state index in [-0.39, 0.29) is 17.4 Å². The first-order chi connectivity index (χ1) is 12.7. The van der Waals surface area contributed by atoms with E-state index < -0.39 is 6.04 Å². The highest BCUT2D eigenvalue weighted by Crippen LogP contribution is 2.26. The summed E-state index contributed by atoms with van der Waals surface area (Å²) in [6.07, 6.45) is 1.58. The van der Waals surface area contributed by atoms with Crippen LogP contribution < -0.4 is 5.32 Å². The summed E-state index contributed by atoms with van der Waals surface area (Å²) in [6.45, 7) is 7.68. The molecule has 27 heavy (non-hydrogen) atoms. The fourth-order valence-electron chi connectivity index (χ4n) is 2.93. The van der Waals surface area contributed by atoms with Gasteiger partial charge >= 0.3 is 0 Å². The van der Waals surface area contributed by atoms with Crippen LogP contribution in [0, 0.1) is 6.92 Å². The maximum Gasteiger partial charge on any atom is 0.258 e. The molecule has 2 amide bonds. The largest absolute Gasteiger partial charge is 0.350 e. The Hall–Kier alpha value is -1.80. The van der Waals surface area contributed by atoms with Crippen LogP contribution in [0.2, 0.25) is 0 Å². The molecule has 3 rings (SSSR count). The zero-order chi connectivity index (χ0) is 19.8. The Kier molecular flexibility index (Phi) is 5.67. The number of thioether (sulfide) groups is 1. The van der Waals surface area contributed by atoms with Crippen molar-refractivity contribution in [2.45, 2.75) is 39.3 Å². The molecule has 0 radical (unpaired) electrons. The lowest BCUT2D eigenvalue weighted by molar-refractivity contribution is -0.125. The number of aromatic nitrogens is 2. The minimum atomic E-state index is -0.461. The lowest BCUT2D eigenvalue weighted by Crippen LogP contribution is -2.52. The Labute approximate surface area is 171 Å². The third-order valence-corrected chi connectivity index (χ3v) is 5.80. The highest BCUT2D eigenvalue weighted by atomic mass is 79.9. The number of hydrogen-bond acceptors (Lipinski definition) is 4. The van der Waals surface area contributed by atoms with E-state index in [0.717, 1.165) is 15.9 Å². The van der Waals surface area contributed by atoms with E-state index in [0.29, 0.717) is 17.2 Å². The maximum atomic E-state index is 13.1. The van der Waals surface area contributed by atoms with E-state index in [4.69, 9.17) is 0 Å². The number of carbonyl (C=O) groups is 2. The fourth-order valence-corrected chi connectivity index (χ4v) is 4.35. The molecular formula is C19H23BrN4O2S. The second-order valence-corrected chi connectivity index (χ2v) is 9.48. The maximum absolute atomic E-state index is 13.1. The van der Waals surface area contributed by atoms with E-state index in [1.807, 2.05) is 52.0 Å². The number of halogens is 1. The Morgan fingerprint density at radius 2 is 1.93 bits per heavy atom. The zero-order valence-corrected chi connectivity index (χ0v) is 18.2. The monoisotopic (exact) mass is 450 g/mol. The Morgan fingerprint density at radius 3 is 2.56 bits per heavy atom. The third-order valence-electron chi connectivity index (χ3n) is 4.26. The Balaban J connectivity index is 1.83. The molecule has 1 unspecified atom stereocenters. The predicted molar refractivity (Wildman–Crippen MR) is 111 cm³/mol. The normalized spacial score (nSPS) is 17.2. The molecule has 2 heterocycles. The van der Waals surface area contributed by atoms with Crippen LogP contribution >= 0.6 is 27.7 Å². The first-order valence-electron chi connectivity index (χ1n) is 8.68. The standard InChI is InChI=1S/C19H23BrN4O2S/c1-12-15(9-21-24(12)14-7-5-13(20)6-8-14)18(26)23-11-27-10-16(23)17(25)22-19(2,3)4/h5-9,16H,10-11H2,1-4H3,(H,22,25). The number of nitrogens with one attached hydrogen (secondary N) is 1. The van der Waals surface area contributed by atoms with E-state index in [9.17, 15) is 9.59 Å². The highest BCUT2D eigenvalue weighted by Gasteiger charge is 2.37. The van der Waals surface area contributed by atoms with Gasteiger partial charge in [0.1, 0.15) is 6.04 Å². The summed E-state index contributed by atoms with van der Waals surface area (Å²) in [5.41, 5.74) is 1.83. The van der Waals surface area contributed by atoms with Crippen molar-refractivity contribution in [3.8, 4) is 5.69 Å². The summed E-state index contributed by atoms with van der Waals surface area (Å²) in [6, 6.07) is 7.27. The van der Waals surface area contributed by atoms with Crippen LogP contribution in [0.5, 0.6) is 0 Å². The van der Waals surface area contributed by atoms with Crippen molar-refractivity contribution in [2.75, 3.05) is 11.6 Å². The molecule has 1 N–H and O–H groups in total. The van der Waals surface area contributed by atoms with Crippen LogP contribution in [0.25, 0.3) is 5.69 Å². The first kappa shape index (κ1) is 19.9. The lowest BCUT2D eigenvalue weighted by atomic mass is 10.1. The molecule has 2 aromatic rings. The second kappa shape index (κ2) is 7.67. The van der Waals surface area contributed by atoms with Crippen LogP contribution in [0.15, 0.2) is 34.9 Å². The third kappa shape index (κ3) is 4.38. The van der Waals surface area contributed by atoms with Crippen LogP contribution in [0.1, 0.15) is 36.8 Å². The van der Waals surface area contributed by atoms with Gasteiger partial charge < -0.3 is 10.2 Å². The van der Waals surface area contributed by atoms with Gasteiger partial charge in [-0.1, -0.05) is 15.9 Å². The molecule has 1 aromatic carbocycles. The summed E-state index contributed by atoms with van der Waals surface area (Å²) in [5.74, 6) is 0.839. The molecule has 6 nitrogen and oxygen atoms in total. The smallest absolute Gasteiger partial charge is 0.258 e. The van der Waals surface area contributed by atoms with Gasteiger partial charge in [0.15, 0.2) is 0 Å². The van der Waals surface area contributed by atoms with Crippen LogP contribution in [0.3, 0.4) is 0 Å². The van der Waals surface area contributed by atoms with Gasteiger partial charge in [-0.3, -0.25) is 9.59 Å². The van der Waals surface area contributed by atoms with E-state index in [1.54, 1.807) is 27.5 Å². The average molecular weight is 451 g/mol. The molecule has 0 saturated carbocycles. The molecule has 0 aliphatic carbocycles. The van der Waals surface area contributed by atoms with Crippen molar-refractivity contribution < 1.29 is 9.59 Å². The van der Waals surface area contributed by atoms with Gasteiger partial charge in [-0.05, 0) is 52.0 Å². The zero-order valence-electron chi connectivity index (χ0n) is 15.8. The minimum absolute atomic E-state index is 0.112. The summed E-state index contributed by atoms with van der Waals surface area (Å²) in [7, 11) is 0. The molecule has 144 valence electrons.